The average molecular weight is 527 g/mol. The number of nitrogens with zero attached hydrogens (tertiary/aromatic N) is 3. The van der Waals surface area contributed by atoms with Gasteiger partial charge in [-0.05, 0) is 49.2 Å². The number of pyridine rings is 1. The van der Waals surface area contributed by atoms with Crippen LogP contribution in [0.2, 0.25) is 0 Å². The summed E-state index contributed by atoms with van der Waals surface area (Å²) in [6, 6.07) is 14.1. The van der Waals surface area contributed by atoms with E-state index in [0.29, 0.717) is 50.3 Å². The van der Waals surface area contributed by atoms with E-state index in [-0.39, 0.29) is 17.8 Å². The van der Waals surface area contributed by atoms with Gasteiger partial charge in [-0.15, -0.1) is 0 Å². The highest BCUT2D eigenvalue weighted by Crippen LogP contribution is 2.44. The fraction of sp³-hybridized carbons (Fsp3) is 0.172. The standard InChI is InChI=1S/C29H27FN6O3/c1-15(2)34-29(38)21-11-8-18(12-22(21)39-5)23-24-26(19(13-31)14-33-27(24)32)36(4)25(23)17-6-9-20(10-7-17)35-28(37)16(3)30/h6-12,14-15H,3H2,1-2,4-5H3,(H2,32,33)(H,34,38)(H,35,37). The van der Waals surface area contributed by atoms with Crippen molar-refractivity contribution in [2.24, 2.45) is 7.05 Å². The first-order valence-electron chi connectivity index (χ1n) is 12.0. The quantitative estimate of drug-likeness (QED) is 0.292. The number of nitriles is 1. The molecule has 0 aliphatic carbocycles. The number of hydrogen-bond donors (Lipinski definition) is 3. The van der Waals surface area contributed by atoms with E-state index in [2.05, 4.69) is 28.3 Å². The lowest BCUT2D eigenvalue weighted by atomic mass is 9.96. The summed E-state index contributed by atoms with van der Waals surface area (Å²) < 4.78 is 20.6. The molecule has 39 heavy (non-hydrogen) atoms. The van der Waals surface area contributed by atoms with Crippen LogP contribution in [0.3, 0.4) is 0 Å². The Balaban J connectivity index is 1.97. The fourth-order valence-electron chi connectivity index (χ4n) is 4.49. The number of carbonyl (C=O) groups is 2. The molecule has 0 spiro atoms. The van der Waals surface area contributed by atoms with Crippen LogP contribution in [0.1, 0.15) is 29.8 Å². The van der Waals surface area contributed by atoms with Crippen LogP contribution >= 0.6 is 0 Å². The number of nitrogen functional groups attached to an aromatic ring is 1. The monoisotopic (exact) mass is 526 g/mol. The number of anilines is 2. The minimum Gasteiger partial charge on any atom is -0.496 e. The summed E-state index contributed by atoms with van der Waals surface area (Å²) in [7, 11) is 3.30. The van der Waals surface area contributed by atoms with Gasteiger partial charge in [0.2, 0.25) is 0 Å². The molecular weight excluding hydrogens is 499 g/mol. The van der Waals surface area contributed by atoms with Crippen molar-refractivity contribution in [3.05, 3.63) is 72.2 Å². The first-order valence-corrected chi connectivity index (χ1v) is 12.0. The molecule has 198 valence electrons. The van der Waals surface area contributed by atoms with Gasteiger partial charge in [0.15, 0.2) is 5.83 Å². The third-order valence-electron chi connectivity index (χ3n) is 6.18. The number of aryl methyl sites for hydroxylation is 1. The number of ether oxygens (including phenoxy) is 1. The molecule has 10 heteroatoms. The van der Waals surface area contributed by atoms with Crippen molar-refractivity contribution in [2.75, 3.05) is 18.2 Å². The van der Waals surface area contributed by atoms with E-state index in [0.717, 1.165) is 5.56 Å². The van der Waals surface area contributed by atoms with Crippen molar-refractivity contribution in [3.8, 4) is 34.2 Å². The fourth-order valence-corrected chi connectivity index (χ4v) is 4.49. The Kier molecular flexibility index (Phi) is 7.36. The van der Waals surface area contributed by atoms with Crippen molar-refractivity contribution < 1.29 is 18.7 Å². The van der Waals surface area contributed by atoms with Crippen LogP contribution in [-0.4, -0.2) is 34.5 Å². The van der Waals surface area contributed by atoms with Gasteiger partial charge < -0.3 is 25.7 Å². The molecule has 4 rings (SSSR count). The number of methoxy groups -OCH3 is 1. The summed E-state index contributed by atoms with van der Waals surface area (Å²) >= 11 is 0. The summed E-state index contributed by atoms with van der Waals surface area (Å²) in [6.45, 7) is 6.74. The smallest absolute Gasteiger partial charge is 0.283 e. The zero-order valence-electron chi connectivity index (χ0n) is 21.9. The third-order valence-corrected chi connectivity index (χ3v) is 6.18. The second kappa shape index (κ2) is 10.7. The lowest BCUT2D eigenvalue weighted by Gasteiger charge is -2.14. The molecule has 4 aromatic rings. The van der Waals surface area contributed by atoms with Crippen LogP contribution in [0.25, 0.3) is 33.3 Å². The van der Waals surface area contributed by atoms with Gasteiger partial charge in [0.1, 0.15) is 17.6 Å². The number of benzene rings is 2. The predicted molar refractivity (Wildman–Crippen MR) is 149 cm³/mol. The lowest BCUT2D eigenvalue weighted by Crippen LogP contribution is -2.30. The molecule has 0 aliphatic heterocycles. The number of halogens is 1. The zero-order chi connectivity index (χ0) is 28.4. The van der Waals surface area contributed by atoms with E-state index in [1.165, 1.54) is 13.3 Å². The Morgan fingerprint density at radius 1 is 1.18 bits per heavy atom. The maximum atomic E-state index is 13.2. The Hall–Kier alpha value is -5.17. The molecule has 0 radical (unpaired) electrons. The van der Waals surface area contributed by atoms with Gasteiger partial charge >= 0.3 is 0 Å². The van der Waals surface area contributed by atoms with Crippen molar-refractivity contribution in [2.45, 2.75) is 19.9 Å². The Labute approximate surface area is 224 Å². The minimum absolute atomic E-state index is 0.0578. The van der Waals surface area contributed by atoms with Crippen LogP contribution in [0.15, 0.2) is 61.1 Å². The highest BCUT2D eigenvalue weighted by molar-refractivity contribution is 6.11. The van der Waals surface area contributed by atoms with Crippen molar-refractivity contribution in [1.82, 2.24) is 14.9 Å². The molecule has 2 aromatic heterocycles. The third kappa shape index (κ3) is 5.02. The number of hydrogen-bond acceptors (Lipinski definition) is 6. The van der Waals surface area contributed by atoms with E-state index in [9.17, 15) is 19.2 Å². The van der Waals surface area contributed by atoms with Crippen LogP contribution in [-0.2, 0) is 11.8 Å². The van der Waals surface area contributed by atoms with Crippen molar-refractivity contribution >= 4 is 34.2 Å². The second-order valence-corrected chi connectivity index (χ2v) is 9.15. The number of carbonyl (C=O) groups excluding carboxylic acids is 2. The normalized spacial score (nSPS) is 10.8. The number of fused-ring (bicyclic) bond motifs is 1. The molecule has 0 bridgehead atoms. The summed E-state index contributed by atoms with van der Waals surface area (Å²) in [5, 5.41) is 15.7. The zero-order valence-corrected chi connectivity index (χ0v) is 21.9. The molecule has 0 aliphatic rings. The minimum atomic E-state index is -1.10. The van der Waals surface area contributed by atoms with Gasteiger partial charge in [0.05, 0.1) is 34.8 Å². The van der Waals surface area contributed by atoms with Crippen LogP contribution < -0.4 is 21.1 Å². The van der Waals surface area contributed by atoms with E-state index in [1.54, 1.807) is 42.5 Å². The van der Waals surface area contributed by atoms with Crippen LogP contribution in [0, 0.1) is 11.3 Å². The first kappa shape index (κ1) is 26.9. The second-order valence-electron chi connectivity index (χ2n) is 9.15. The molecule has 2 aromatic carbocycles. The molecule has 0 fully saturated rings. The summed E-state index contributed by atoms with van der Waals surface area (Å²) in [6.07, 6.45) is 1.42. The molecule has 0 saturated heterocycles. The van der Waals surface area contributed by atoms with Gasteiger partial charge in [-0.3, -0.25) is 9.59 Å². The maximum absolute atomic E-state index is 13.2. The van der Waals surface area contributed by atoms with Gasteiger partial charge in [0, 0.05) is 30.5 Å². The van der Waals surface area contributed by atoms with Crippen molar-refractivity contribution in [3.63, 3.8) is 0 Å². The molecule has 9 nitrogen and oxygen atoms in total. The maximum Gasteiger partial charge on any atom is 0.283 e. The van der Waals surface area contributed by atoms with Gasteiger partial charge in [-0.1, -0.05) is 24.8 Å². The molecular formula is C29H27FN6O3. The number of nitrogens with two attached hydrogens (primary N) is 1. The van der Waals surface area contributed by atoms with E-state index < -0.39 is 11.7 Å². The Morgan fingerprint density at radius 2 is 1.85 bits per heavy atom. The molecule has 4 N–H and O–H groups in total. The van der Waals surface area contributed by atoms with E-state index >= 15 is 0 Å². The molecule has 0 saturated carbocycles. The van der Waals surface area contributed by atoms with Gasteiger partial charge in [-0.25, -0.2) is 9.37 Å². The van der Waals surface area contributed by atoms with Gasteiger partial charge in [0.25, 0.3) is 11.8 Å². The topological polar surface area (TPSA) is 135 Å². The molecule has 0 atom stereocenters. The highest BCUT2D eigenvalue weighted by atomic mass is 19.1. The van der Waals surface area contributed by atoms with Crippen LogP contribution in [0.5, 0.6) is 5.75 Å². The summed E-state index contributed by atoms with van der Waals surface area (Å²) in [4.78, 5) is 28.7. The lowest BCUT2D eigenvalue weighted by molar-refractivity contribution is -0.114. The Bertz CT molecular complexity index is 1670. The SMILES string of the molecule is C=C(F)C(=O)Nc1ccc(-c2c(-c3ccc(C(=O)NC(C)C)c(OC)c3)c3c(N)ncc(C#N)c3n2C)cc1. The molecule has 0 unspecified atom stereocenters. The number of nitrogens with one attached hydrogen (secondary N) is 2. The summed E-state index contributed by atoms with van der Waals surface area (Å²) in [5.41, 5.74) is 10.8. The van der Waals surface area contributed by atoms with E-state index in [4.69, 9.17) is 10.5 Å². The predicted octanol–water partition coefficient (Wildman–Crippen LogP) is 4.93. The Morgan fingerprint density at radius 3 is 2.44 bits per heavy atom. The average Bonchev–Trinajstić information content (AvgIpc) is 3.22. The van der Waals surface area contributed by atoms with E-state index in [1.807, 2.05) is 25.5 Å². The molecule has 2 amide bonds. The van der Waals surface area contributed by atoms with Crippen molar-refractivity contribution in [1.29, 1.82) is 5.26 Å². The highest BCUT2D eigenvalue weighted by Gasteiger charge is 2.25. The first-order chi connectivity index (χ1) is 18.6. The largest absolute Gasteiger partial charge is 0.496 e. The van der Waals surface area contributed by atoms with Gasteiger partial charge in [-0.2, -0.15) is 5.26 Å². The summed E-state index contributed by atoms with van der Waals surface area (Å²) in [5.74, 6) is -1.71. The van der Waals surface area contributed by atoms with Crippen LogP contribution in [0.4, 0.5) is 15.9 Å². The molecule has 2 heterocycles. The number of rotatable bonds is 7. The number of aromatic nitrogens is 2. The number of amides is 2.